The van der Waals surface area contributed by atoms with E-state index in [9.17, 15) is 5.11 Å². The molecular weight excluding hydrogens is 444 g/mol. The molecule has 0 saturated carbocycles. The average molecular weight is 473 g/mol. The first-order chi connectivity index (χ1) is 17.0. The van der Waals surface area contributed by atoms with Gasteiger partial charge in [-0.3, -0.25) is 14.6 Å². The highest BCUT2D eigenvalue weighted by molar-refractivity contribution is 5.94. The molecule has 180 valence electrons. The van der Waals surface area contributed by atoms with E-state index in [1.54, 1.807) is 24.8 Å². The summed E-state index contributed by atoms with van der Waals surface area (Å²) in [5.74, 6) is 1.11. The maximum absolute atomic E-state index is 10.7. The summed E-state index contributed by atoms with van der Waals surface area (Å²) in [6.07, 6.45) is 9.35. The molecule has 4 aromatic rings. The number of fused-ring (bicyclic) bond motifs is 1. The topological polar surface area (TPSA) is 127 Å². The third kappa shape index (κ3) is 4.20. The lowest BCUT2D eigenvalue weighted by Crippen LogP contribution is -2.55. The Morgan fingerprint density at radius 2 is 2.09 bits per heavy atom. The van der Waals surface area contributed by atoms with Crippen LogP contribution in [-0.4, -0.2) is 73.2 Å². The minimum Gasteiger partial charge on any atom is -0.390 e. The minimum atomic E-state index is -0.472. The third-order valence-corrected chi connectivity index (χ3v) is 6.99. The molecule has 0 spiro atoms. The molecule has 6 rings (SSSR count). The van der Waals surface area contributed by atoms with E-state index in [4.69, 9.17) is 10.5 Å². The molecule has 2 saturated heterocycles. The van der Waals surface area contributed by atoms with Gasteiger partial charge in [0.25, 0.3) is 0 Å². The Bertz CT molecular complexity index is 1370. The van der Waals surface area contributed by atoms with Gasteiger partial charge >= 0.3 is 0 Å². The predicted molar refractivity (Wildman–Crippen MR) is 133 cm³/mol. The van der Waals surface area contributed by atoms with Gasteiger partial charge in [0.2, 0.25) is 0 Å². The van der Waals surface area contributed by atoms with Crippen LogP contribution in [0.5, 0.6) is 0 Å². The molecule has 0 bridgehead atoms. The summed E-state index contributed by atoms with van der Waals surface area (Å²) in [5.41, 5.74) is 9.87. The summed E-state index contributed by atoms with van der Waals surface area (Å²) in [5, 5.41) is 20.3. The van der Waals surface area contributed by atoms with E-state index >= 15 is 0 Å². The zero-order chi connectivity index (χ0) is 23.9. The van der Waals surface area contributed by atoms with Crippen molar-refractivity contribution in [1.82, 2.24) is 29.6 Å². The molecule has 35 heavy (non-hydrogen) atoms. The molecular formula is C25H28N8O2. The molecule has 10 nitrogen and oxygen atoms in total. The van der Waals surface area contributed by atoms with Crippen molar-refractivity contribution < 1.29 is 9.84 Å². The van der Waals surface area contributed by atoms with Gasteiger partial charge in [0.15, 0.2) is 0 Å². The Hall–Kier alpha value is -3.60. The van der Waals surface area contributed by atoms with Crippen LogP contribution in [-0.2, 0) is 4.74 Å². The van der Waals surface area contributed by atoms with Crippen LogP contribution in [0, 0.1) is 6.92 Å². The number of hydrogen-bond donors (Lipinski definition) is 3. The highest BCUT2D eigenvalue weighted by Crippen LogP contribution is 2.30. The zero-order valence-electron chi connectivity index (χ0n) is 19.5. The standard InChI is InChI=1S/C25H28N8O2/c1-15-2-4-27-9-19(15)21-6-16-7-24(28-10-20(16)25(26)31-21)30-17-8-29-33(11-17)22-3-5-32(12-23(22)34)18-13-35-14-18/h2,4,6-11,18,22-23,34H,3,5,12-14H2,1H3,(H2,26,31)(H,28,30)/t22-,23-/m1/s1. The number of ether oxygens (including phenoxy) is 1. The SMILES string of the molecule is Cc1ccncc1-c1cc2cc(Nc3cnn([C@@H]4CCN(C5COC5)C[C@H]4O)c3)ncc2c(N)n1. The smallest absolute Gasteiger partial charge is 0.133 e. The van der Waals surface area contributed by atoms with Crippen molar-refractivity contribution in [3.05, 3.63) is 54.7 Å². The average Bonchev–Trinajstić information content (AvgIpc) is 3.26. The quantitative estimate of drug-likeness (QED) is 0.401. The normalized spacial score (nSPS) is 21.2. The van der Waals surface area contributed by atoms with Gasteiger partial charge in [-0.15, -0.1) is 0 Å². The molecule has 0 aromatic carbocycles. The lowest BCUT2D eigenvalue weighted by molar-refractivity contribution is -0.0945. The molecule has 0 amide bonds. The van der Waals surface area contributed by atoms with Crippen LogP contribution in [0.3, 0.4) is 0 Å². The van der Waals surface area contributed by atoms with E-state index in [1.165, 1.54) is 0 Å². The fourth-order valence-corrected chi connectivity index (χ4v) is 4.86. The molecule has 2 atom stereocenters. The van der Waals surface area contributed by atoms with Crippen molar-refractivity contribution >= 4 is 28.1 Å². The van der Waals surface area contributed by atoms with Crippen LogP contribution in [0.15, 0.2) is 49.2 Å². The lowest BCUT2D eigenvalue weighted by atomic mass is 10.00. The van der Waals surface area contributed by atoms with Gasteiger partial charge in [0, 0.05) is 48.8 Å². The number of anilines is 3. The monoisotopic (exact) mass is 472 g/mol. The third-order valence-electron chi connectivity index (χ3n) is 6.99. The second-order valence-electron chi connectivity index (χ2n) is 9.32. The number of aliphatic hydroxyl groups excluding tert-OH is 1. The van der Waals surface area contributed by atoms with E-state index in [2.05, 4.69) is 30.3 Å². The first-order valence-electron chi connectivity index (χ1n) is 11.8. The maximum Gasteiger partial charge on any atom is 0.133 e. The van der Waals surface area contributed by atoms with Crippen LogP contribution in [0.25, 0.3) is 22.0 Å². The number of aromatic nitrogens is 5. The second kappa shape index (κ2) is 8.88. The number of β-amino-alcohol motifs (C(OH)–C–C–N with tert-alkyl or cyclic N) is 1. The Morgan fingerprint density at radius 1 is 1.20 bits per heavy atom. The maximum atomic E-state index is 10.7. The lowest BCUT2D eigenvalue weighted by Gasteiger charge is -2.43. The highest BCUT2D eigenvalue weighted by Gasteiger charge is 2.35. The molecule has 2 aliphatic heterocycles. The Labute approximate surface area is 202 Å². The highest BCUT2D eigenvalue weighted by atomic mass is 16.5. The number of rotatable bonds is 5. The van der Waals surface area contributed by atoms with E-state index in [1.807, 2.05) is 36.0 Å². The van der Waals surface area contributed by atoms with Gasteiger partial charge in [-0.1, -0.05) is 0 Å². The minimum absolute atomic E-state index is 0.0523. The van der Waals surface area contributed by atoms with Gasteiger partial charge in [0.05, 0.1) is 49.0 Å². The number of nitrogens with zero attached hydrogens (tertiary/aromatic N) is 6. The zero-order valence-corrected chi connectivity index (χ0v) is 19.5. The van der Waals surface area contributed by atoms with Crippen molar-refractivity contribution in [2.45, 2.75) is 31.5 Å². The van der Waals surface area contributed by atoms with E-state index in [0.717, 1.165) is 59.5 Å². The van der Waals surface area contributed by atoms with Crippen LogP contribution in [0.4, 0.5) is 17.3 Å². The first-order valence-corrected chi connectivity index (χ1v) is 11.8. The number of likely N-dealkylation sites (tertiary alicyclic amines) is 1. The number of aliphatic hydroxyl groups is 1. The largest absolute Gasteiger partial charge is 0.390 e. The van der Waals surface area contributed by atoms with Crippen molar-refractivity contribution in [3.63, 3.8) is 0 Å². The van der Waals surface area contributed by atoms with E-state index in [0.29, 0.717) is 24.2 Å². The fourth-order valence-electron chi connectivity index (χ4n) is 4.86. The van der Waals surface area contributed by atoms with Crippen LogP contribution in [0.2, 0.25) is 0 Å². The molecule has 0 aliphatic carbocycles. The van der Waals surface area contributed by atoms with Crippen molar-refractivity contribution in [2.24, 2.45) is 0 Å². The molecule has 2 aliphatic rings. The number of pyridine rings is 3. The Balaban J connectivity index is 1.21. The Kier molecular flexibility index (Phi) is 5.56. The van der Waals surface area contributed by atoms with Gasteiger partial charge in [-0.25, -0.2) is 9.97 Å². The number of hydrogen-bond acceptors (Lipinski definition) is 9. The first kappa shape index (κ1) is 21.9. The van der Waals surface area contributed by atoms with Gasteiger partial charge < -0.3 is 20.9 Å². The van der Waals surface area contributed by atoms with Gasteiger partial charge in [-0.2, -0.15) is 5.10 Å². The number of aryl methyl sites for hydroxylation is 1. The fraction of sp³-hybridized carbons (Fsp3) is 0.360. The number of piperidine rings is 1. The molecule has 6 heterocycles. The van der Waals surface area contributed by atoms with Crippen LogP contribution in [0.1, 0.15) is 18.0 Å². The molecule has 4 aromatic heterocycles. The predicted octanol–water partition coefficient (Wildman–Crippen LogP) is 2.53. The number of nitrogen functional groups attached to an aromatic ring is 1. The van der Waals surface area contributed by atoms with Crippen LogP contribution < -0.4 is 11.1 Å². The molecule has 10 heteroatoms. The van der Waals surface area contributed by atoms with Gasteiger partial charge in [0.1, 0.15) is 11.6 Å². The van der Waals surface area contributed by atoms with Crippen molar-refractivity contribution in [3.8, 4) is 11.3 Å². The second-order valence-corrected chi connectivity index (χ2v) is 9.32. The molecule has 0 unspecified atom stereocenters. The number of nitrogens with one attached hydrogen (secondary N) is 1. The summed E-state index contributed by atoms with van der Waals surface area (Å²) in [7, 11) is 0. The van der Waals surface area contributed by atoms with Crippen molar-refractivity contribution in [1.29, 1.82) is 0 Å². The Morgan fingerprint density at radius 3 is 2.86 bits per heavy atom. The van der Waals surface area contributed by atoms with Crippen molar-refractivity contribution in [2.75, 3.05) is 37.4 Å². The van der Waals surface area contributed by atoms with E-state index in [-0.39, 0.29) is 6.04 Å². The molecule has 4 N–H and O–H groups in total. The summed E-state index contributed by atoms with van der Waals surface area (Å²) in [6.45, 7) is 5.12. The molecule has 2 fully saturated rings. The molecule has 0 radical (unpaired) electrons. The summed E-state index contributed by atoms with van der Waals surface area (Å²) >= 11 is 0. The summed E-state index contributed by atoms with van der Waals surface area (Å²) in [6, 6.07) is 6.30. The van der Waals surface area contributed by atoms with E-state index < -0.39 is 6.10 Å². The number of nitrogens with two attached hydrogens (primary N) is 1. The summed E-state index contributed by atoms with van der Waals surface area (Å²) in [4.78, 5) is 15.6. The van der Waals surface area contributed by atoms with Gasteiger partial charge in [-0.05, 0) is 42.5 Å². The summed E-state index contributed by atoms with van der Waals surface area (Å²) < 4.78 is 7.15. The van der Waals surface area contributed by atoms with Crippen LogP contribution >= 0.6 is 0 Å².